The van der Waals surface area contributed by atoms with Gasteiger partial charge in [-0.1, -0.05) is 20.8 Å². The molecule has 1 aliphatic heterocycles. The van der Waals surface area contributed by atoms with Gasteiger partial charge in [-0.25, -0.2) is 0 Å². The van der Waals surface area contributed by atoms with Crippen LogP contribution in [0.15, 0.2) is 10.2 Å². The van der Waals surface area contributed by atoms with Gasteiger partial charge in [0, 0.05) is 5.92 Å². The second kappa shape index (κ2) is 4.45. The SMILES string of the molecule is C[C@H]1[C@@H]2CC[C@@H]3[C@H](CC[C@@]4(C)[C@H]3CC[C@]4(C)O)[C@@]2(C)CCC12N=N2. The van der Waals surface area contributed by atoms with E-state index in [1.165, 1.54) is 44.9 Å². The third-order valence-corrected chi connectivity index (χ3v) is 10.2. The fourth-order valence-electron chi connectivity index (χ4n) is 8.27. The maximum Gasteiger partial charge on any atom is 0.193 e. The number of nitrogens with zero attached hydrogens (tertiary/aromatic N) is 2. The van der Waals surface area contributed by atoms with Crippen LogP contribution in [0.25, 0.3) is 0 Å². The van der Waals surface area contributed by atoms with Crippen LogP contribution in [-0.4, -0.2) is 16.4 Å². The Morgan fingerprint density at radius 1 is 0.792 bits per heavy atom. The van der Waals surface area contributed by atoms with Gasteiger partial charge in [0.2, 0.25) is 0 Å². The fourth-order valence-corrected chi connectivity index (χ4v) is 8.27. The highest BCUT2D eigenvalue weighted by Crippen LogP contribution is 2.70. The highest BCUT2D eigenvalue weighted by molar-refractivity contribution is 5.16. The molecule has 1 N–H and O–H groups in total. The topological polar surface area (TPSA) is 45.0 Å². The molecule has 4 saturated carbocycles. The minimum Gasteiger partial charge on any atom is -0.390 e. The summed E-state index contributed by atoms with van der Waals surface area (Å²) < 4.78 is 0. The lowest BCUT2D eigenvalue weighted by atomic mass is 9.42. The summed E-state index contributed by atoms with van der Waals surface area (Å²) in [6.07, 6.45) is 10.0. The first-order valence-corrected chi connectivity index (χ1v) is 10.4. The third kappa shape index (κ3) is 1.68. The highest BCUT2D eigenvalue weighted by Gasteiger charge is 2.66. The molecule has 1 heterocycles. The molecule has 3 nitrogen and oxygen atoms in total. The summed E-state index contributed by atoms with van der Waals surface area (Å²) in [5, 5.41) is 20.0. The van der Waals surface area contributed by atoms with Crippen molar-refractivity contribution >= 4 is 0 Å². The Morgan fingerprint density at radius 3 is 2.21 bits per heavy atom. The van der Waals surface area contributed by atoms with Crippen molar-refractivity contribution in [2.45, 2.75) is 90.3 Å². The third-order valence-electron chi connectivity index (χ3n) is 10.2. The Hall–Kier alpha value is -0.440. The van der Waals surface area contributed by atoms with Crippen molar-refractivity contribution < 1.29 is 5.11 Å². The smallest absolute Gasteiger partial charge is 0.193 e. The maximum absolute atomic E-state index is 11.0. The van der Waals surface area contributed by atoms with E-state index in [1.807, 2.05) is 0 Å². The lowest BCUT2D eigenvalue weighted by Gasteiger charge is -2.62. The minimum atomic E-state index is -0.448. The van der Waals surface area contributed by atoms with Gasteiger partial charge in [0.1, 0.15) is 0 Å². The molecular formula is C21H34N2O. The second-order valence-corrected chi connectivity index (χ2v) is 10.7. The van der Waals surface area contributed by atoms with Crippen molar-refractivity contribution in [3.05, 3.63) is 0 Å². The molecular weight excluding hydrogens is 296 g/mol. The lowest BCUT2D eigenvalue weighted by Crippen LogP contribution is -2.58. The zero-order valence-electron chi connectivity index (χ0n) is 15.9. The fraction of sp³-hybridized carbons (Fsp3) is 1.00. The summed E-state index contributed by atoms with van der Waals surface area (Å²) in [5.41, 5.74) is 0.213. The Balaban J connectivity index is 1.47. The number of hydrogen-bond donors (Lipinski definition) is 1. The van der Waals surface area contributed by atoms with E-state index in [2.05, 4.69) is 37.9 Å². The number of hydrogen-bond acceptors (Lipinski definition) is 3. The summed E-state index contributed by atoms with van der Waals surface area (Å²) in [6.45, 7) is 9.55. The molecule has 0 amide bonds. The minimum absolute atomic E-state index is 0.0250. The van der Waals surface area contributed by atoms with E-state index < -0.39 is 5.60 Å². The molecule has 24 heavy (non-hydrogen) atoms. The quantitative estimate of drug-likeness (QED) is 0.653. The maximum atomic E-state index is 11.0. The van der Waals surface area contributed by atoms with E-state index in [-0.39, 0.29) is 11.1 Å². The summed E-state index contributed by atoms with van der Waals surface area (Å²) in [4.78, 5) is 0. The van der Waals surface area contributed by atoms with Gasteiger partial charge >= 0.3 is 0 Å². The summed E-state index contributed by atoms with van der Waals surface area (Å²) in [5.74, 6) is 3.88. The normalized spacial score (nSPS) is 60.5. The van der Waals surface area contributed by atoms with Crippen LogP contribution in [-0.2, 0) is 0 Å². The average Bonchev–Trinajstić information content (AvgIpc) is 3.26. The first-order chi connectivity index (χ1) is 11.2. The number of aliphatic hydroxyl groups is 1. The highest BCUT2D eigenvalue weighted by atomic mass is 16.3. The molecule has 5 aliphatic rings. The molecule has 0 saturated heterocycles. The van der Waals surface area contributed by atoms with Crippen molar-refractivity contribution in [1.29, 1.82) is 0 Å². The zero-order valence-corrected chi connectivity index (χ0v) is 15.9. The Kier molecular flexibility index (Phi) is 2.93. The Labute approximate surface area is 146 Å². The van der Waals surface area contributed by atoms with E-state index in [0.717, 1.165) is 30.1 Å². The average molecular weight is 331 g/mol. The molecule has 5 rings (SSSR count). The monoisotopic (exact) mass is 330 g/mol. The van der Waals surface area contributed by atoms with E-state index in [1.54, 1.807) is 0 Å². The van der Waals surface area contributed by atoms with Gasteiger partial charge in [-0.05, 0) is 92.8 Å². The largest absolute Gasteiger partial charge is 0.390 e. The van der Waals surface area contributed by atoms with E-state index in [9.17, 15) is 5.11 Å². The molecule has 3 heteroatoms. The summed E-state index contributed by atoms with van der Waals surface area (Å²) in [7, 11) is 0. The van der Waals surface area contributed by atoms with Crippen LogP contribution in [0.4, 0.5) is 0 Å². The molecule has 0 aromatic heterocycles. The van der Waals surface area contributed by atoms with Crippen LogP contribution in [0.2, 0.25) is 0 Å². The molecule has 0 aromatic carbocycles. The van der Waals surface area contributed by atoms with Crippen LogP contribution in [0.3, 0.4) is 0 Å². The molecule has 0 unspecified atom stereocenters. The van der Waals surface area contributed by atoms with Gasteiger partial charge in [0.25, 0.3) is 0 Å². The summed E-state index contributed by atoms with van der Waals surface area (Å²) in [6, 6.07) is 0. The van der Waals surface area contributed by atoms with Crippen molar-refractivity contribution in [2.24, 2.45) is 50.6 Å². The molecule has 134 valence electrons. The van der Waals surface area contributed by atoms with Gasteiger partial charge in [-0.15, -0.1) is 0 Å². The van der Waals surface area contributed by atoms with Gasteiger partial charge < -0.3 is 5.11 Å². The number of rotatable bonds is 0. The zero-order chi connectivity index (χ0) is 17.0. The van der Waals surface area contributed by atoms with Crippen molar-refractivity contribution in [3.8, 4) is 0 Å². The van der Waals surface area contributed by atoms with Gasteiger partial charge in [-0.3, -0.25) is 0 Å². The van der Waals surface area contributed by atoms with Crippen molar-refractivity contribution in [2.75, 3.05) is 0 Å². The molecule has 4 fully saturated rings. The van der Waals surface area contributed by atoms with Gasteiger partial charge in [0.05, 0.1) is 5.60 Å². The molecule has 0 radical (unpaired) electrons. The van der Waals surface area contributed by atoms with E-state index in [4.69, 9.17) is 0 Å². The van der Waals surface area contributed by atoms with Crippen LogP contribution < -0.4 is 0 Å². The van der Waals surface area contributed by atoms with Crippen molar-refractivity contribution in [1.82, 2.24) is 0 Å². The predicted molar refractivity (Wildman–Crippen MR) is 94.5 cm³/mol. The van der Waals surface area contributed by atoms with E-state index in [0.29, 0.717) is 11.3 Å². The Bertz CT molecular complexity index is 593. The summed E-state index contributed by atoms with van der Waals surface area (Å²) >= 11 is 0. The molecule has 0 bridgehead atoms. The van der Waals surface area contributed by atoms with Crippen LogP contribution in [0.1, 0.15) is 79.1 Å². The molecule has 8 atom stereocenters. The lowest BCUT2D eigenvalue weighted by molar-refractivity contribution is -0.157. The van der Waals surface area contributed by atoms with Crippen molar-refractivity contribution in [3.63, 3.8) is 0 Å². The first-order valence-electron chi connectivity index (χ1n) is 10.4. The Morgan fingerprint density at radius 2 is 1.50 bits per heavy atom. The first kappa shape index (κ1) is 15.8. The molecule has 4 aliphatic carbocycles. The van der Waals surface area contributed by atoms with E-state index >= 15 is 0 Å². The van der Waals surface area contributed by atoms with Crippen LogP contribution >= 0.6 is 0 Å². The molecule has 0 aromatic rings. The van der Waals surface area contributed by atoms with Crippen LogP contribution in [0, 0.1) is 40.4 Å². The van der Waals surface area contributed by atoms with Crippen LogP contribution in [0.5, 0.6) is 0 Å². The predicted octanol–water partition coefficient (Wildman–Crippen LogP) is 5.19. The number of fused-ring (bicyclic) bond motifs is 5. The van der Waals surface area contributed by atoms with Gasteiger partial charge in [-0.2, -0.15) is 10.2 Å². The second-order valence-electron chi connectivity index (χ2n) is 10.7. The molecule has 1 spiro atoms. The standard InChI is InChI=1S/C21H34N2O/c1-13-15-6-5-14-16(18(15,2)11-12-21(13)22-23-21)7-9-19(3)17(14)8-10-20(19,4)24/h13-17,24H,5-12H2,1-4H3/t13-,14+,15-,16-,17-,18-,19-,20-/m0/s1. The van der Waals surface area contributed by atoms with Gasteiger partial charge in [0.15, 0.2) is 5.66 Å².